The fraction of sp³-hybridized carbons (Fsp3) is 0.741. The van der Waals surface area contributed by atoms with E-state index in [0.717, 1.165) is 23.1 Å². The van der Waals surface area contributed by atoms with E-state index in [1.54, 1.807) is 0 Å². The Labute approximate surface area is 199 Å². The van der Waals surface area contributed by atoms with E-state index >= 15 is 0 Å². The van der Waals surface area contributed by atoms with E-state index in [-0.39, 0.29) is 18.3 Å². The highest BCUT2D eigenvalue weighted by Gasteiger charge is 2.15. The van der Waals surface area contributed by atoms with E-state index in [1.807, 2.05) is 30.3 Å². The second kappa shape index (κ2) is 19.6. The molecular formula is C27H49ClN2O. The number of hydrogen-bond acceptors (Lipinski definition) is 1. The molecule has 0 atom stereocenters. The number of carbonyl (C=O) groups excluding carboxylic acids is 1. The van der Waals surface area contributed by atoms with Gasteiger partial charge in [-0.05, 0) is 25.0 Å². The summed E-state index contributed by atoms with van der Waals surface area (Å²) < 4.78 is 0.979. The molecule has 0 aromatic heterocycles. The van der Waals surface area contributed by atoms with Crippen LogP contribution in [0.15, 0.2) is 30.3 Å². The van der Waals surface area contributed by atoms with Gasteiger partial charge in [0.15, 0.2) is 0 Å². The highest BCUT2D eigenvalue weighted by atomic mass is 35.5. The number of benzene rings is 1. The molecule has 0 fully saturated rings. The molecule has 0 bridgehead atoms. The zero-order valence-electron chi connectivity index (χ0n) is 20.6. The SMILES string of the molecule is CCCCCCCCCCCCCCCC[N+](C)(C)CCNC(=O)c1ccccc1.[Cl-]. The van der Waals surface area contributed by atoms with E-state index in [1.165, 1.54) is 96.4 Å². The summed E-state index contributed by atoms with van der Waals surface area (Å²) in [6, 6.07) is 9.48. The van der Waals surface area contributed by atoms with Gasteiger partial charge in [0, 0.05) is 5.56 Å². The van der Waals surface area contributed by atoms with Gasteiger partial charge in [0.05, 0.1) is 33.7 Å². The Balaban J connectivity index is 0.00000900. The summed E-state index contributed by atoms with van der Waals surface area (Å²) in [6.07, 6.45) is 19.7. The zero-order chi connectivity index (χ0) is 21.9. The first-order chi connectivity index (χ1) is 14.5. The summed E-state index contributed by atoms with van der Waals surface area (Å²) in [5, 5.41) is 3.05. The van der Waals surface area contributed by atoms with Crippen molar-refractivity contribution >= 4 is 5.91 Å². The summed E-state index contributed by atoms with van der Waals surface area (Å²) in [4.78, 5) is 12.1. The largest absolute Gasteiger partial charge is 1.00 e. The Kier molecular flexibility index (Phi) is 18.9. The number of carbonyl (C=O) groups is 1. The smallest absolute Gasteiger partial charge is 0.251 e. The van der Waals surface area contributed by atoms with E-state index in [0.29, 0.717) is 0 Å². The van der Waals surface area contributed by atoms with Crippen LogP contribution in [-0.4, -0.2) is 44.1 Å². The number of hydrogen-bond donors (Lipinski definition) is 1. The molecule has 0 spiro atoms. The number of unbranched alkanes of at least 4 members (excludes halogenated alkanes) is 13. The Hall–Kier alpha value is -1.06. The van der Waals surface area contributed by atoms with Gasteiger partial charge in [-0.3, -0.25) is 4.79 Å². The molecule has 1 amide bonds. The number of quaternary nitrogens is 1. The summed E-state index contributed by atoms with van der Waals surface area (Å²) in [5.74, 6) is 0.0343. The molecule has 0 aliphatic carbocycles. The predicted octanol–water partition coefficient (Wildman–Crippen LogP) is 3.98. The normalized spacial score (nSPS) is 11.2. The van der Waals surface area contributed by atoms with E-state index in [2.05, 4.69) is 26.3 Å². The van der Waals surface area contributed by atoms with Gasteiger partial charge in [0.1, 0.15) is 0 Å². The minimum absolute atomic E-state index is 0. The van der Waals surface area contributed by atoms with Crippen molar-refractivity contribution in [1.29, 1.82) is 0 Å². The second-order valence-electron chi connectivity index (χ2n) is 9.60. The van der Waals surface area contributed by atoms with Crippen LogP contribution in [0.5, 0.6) is 0 Å². The van der Waals surface area contributed by atoms with Crippen LogP contribution in [-0.2, 0) is 0 Å². The lowest BCUT2D eigenvalue weighted by atomic mass is 10.0. The van der Waals surface area contributed by atoms with Crippen LogP contribution in [0.3, 0.4) is 0 Å². The fourth-order valence-electron chi connectivity index (χ4n) is 4.01. The average Bonchev–Trinajstić information content (AvgIpc) is 2.74. The minimum atomic E-state index is 0. The molecule has 0 aliphatic heterocycles. The van der Waals surface area contributed by atoms with Crippen molar-refractivity contribution in [1.82, 2.24) is 5.32 Å². The molecule has 1 aromatic rings. The molecule has 0 unspecified atom stereocenters. The lowest BCUT2D eigenvalue weighted by Crippen LogP contribution is -3.00. The standard InChI is InChI=1S/C27H48N2O.ClH/c1-4-5-6-7-8-9-10-11-12-13-14-15-16-20-24-29(2,3)25-23-28-27(30)26-21-18-17-19-22-26;/h17-19,21-22H,4-16,20,23-25H2,1-3H3;1H. The van der Waals surface area contributed by atoms with Crippen molar-refractivity contribution in [3.63, 3.8) is 0 Å². The Morgan fingerprint density at radius 1 is 0.710 bits per heavy atom. The lowest BCUT2D eigenvalue weighted by Gasteiger charge is -2.30. The van der Waals surface area contributed by atoms with E-state index in [4.69, 9.17) is 0 Å². The molecule has 0 heterocycles. The molecule has 1 aromatic carbocycles. The van der Waals surface area contributed by atoms with Gasteiger partial charge in [0.25, 0.3) is 5.91 Å². The molecular weight excluding hydrogens is 404 g/mol. The number of nitrogens with one attached hydrogen (secondary N) is 1. The van der Waals surface area contributed by atoms with Crippen LogP contribution in [0, 0.1) is 0 Å². The number of halogens is 1. The van der Waals surface area contributed by atoms with Crippen molar-refractivity contribution in [2.24, 2.45) is 0 Å². The number of likely N-dealkylation sites (N-methyl/N-ethyl adjacent to an activating group) is 1. The van der Waals surface area contributed by atoms with Gasteiger partial charge in [0.2, 0.25) is 0 Å². The lowest BCUT2D eigenvalue weighted by molar-refractivity contribution is -0.889. The van der Waals surface area contributed by atoms with Gasteiger partial charge >= 0.3 is 0 Å². The molecule has 0 saturated heterocycles. The molecule has 1 rings (SSSR count). The Bertz CT molecular complexity index is 533. The highest BCUT2D eigenvalue weighted by Crippen LogP contribution is 2.13. The fourth-order valence-corrected chi connectivity index (χ4v) is 4.01. The number of nitrogens with zero attached hydrogens (tertiary/aromatic N) is 1. The topological polar surface area (TPSA) is 29.1 Å². The molecule has 180 valence electrons. The maximum Gasteiger partial charge on any atom is 0.251 e. The van der Waals surface area contributed by atoms with Crippen molar-refractivity contribution in [2.45, 2.75) is 96.8 Å². The van der Waals surface area contributed by atoms with Gasteiger partial charge in [-0.2, -0.15) is 0 Å². The van der Waals surface area contributed by atoms with Crippen LogP contribution in [0.1, 0.15) is 107 Å². The maximum atomic E-state index is 12.1. The van der Waals surface area contributed by atoms with Gasteiger partial charge in [-0.1, -0.05) is 102 Å². The van der Waals surface area contributed by atoms with Crippen molar-refractivity contribution in [3.8, 4) is 0 Å². The minimum Gasteiger partial charge on any atom is -1.00 e. The van der Waals surface area contributed by atoms with Crippen LogP contribution in [0.2, 0.25) is 0 Å². The van der Waals surface area contributed by atoms with Crippen LogP contribution >= 0.6 is 0 Å². The third-order valence-corrected chi connectivity index (χ3v) is 6.16. The Morgan fingerprint density at radius 3 is 1.65 bits per heavy atom. The molecule has 3 nitrogen and oxygen atoms in total. The van der Waals surface area contributed by atoms with Crippen molar-refractivity contribution in [2.75, 3.05) is 33.7 Å². The quantitative estimate of drug-likeness (QED) is 0.249. The molecule has 0 aliphatic rings. The number of amides is 1. The van der Waals surface area contributed by atoms with Crippen molar-refractivity contribution in [3.05, 3.63) is 35.9 Å². The van der Waals surface area contributed by atoms with Crippen LogP contribution in [0.25, 0.3) is 0 Å². The van der Waals surface area contributed by atoms with E-state index in [9.17, 15) is 4.79 Å². The summed E-state index contributed by atoms with van der Waals surface area (Å²) >= 11 is 0. The molecule has 0 radical (unpaired) electrons. The maximum absolute atomic E-state index is 12.1. The second-order valence-corrected chi connectivity index (χ2v) is 9.60. The molecule has 0 saturated carbocycles. The highest BCUT2D eigenvalue weighted by molar-refractivity contribution is 5.94. The molecule has 1 N–H and O–H groups in total. The monoisotopic (exact) mass is 452 g/mol. The van der Waals surface area contributed by atoms with Crippen LogP contribution < -0.4 is 17.7 Å². The third kappa shape index (κ3) is 17.2. The predicted molar refractivity (Wildman–Crippen MR) is 131 cm³/mol. The first kappa shape index (κ1) is 29.9. The van der Waals surface area contributed by atoms with Gasteiger partial charge in [-0.15, -0.1) is 0 Å². The number of rotatable bonds is 19. The van der Waals surface area contributed by atoms with Crippen molar-refractivity contribution < 1.29 is 21.7 Å². The summed E-state index contributed by atoms with van der Waals surface area (Å²) in [6.45, 7) is 5.20. The van der Waals surface area contributed by atoms with Crippen LogP contribution in [0.4, 0.5) is 0 Å². The molecule has 31 heavy (non-hydrogen) atoms. The first-order valence-electron chi connectivity index (χ1n) is 12.7. The summed E-state index contributed by atoms with van der Waals surface area (Å²) in [7, 11) is 4.55. The third-order valence-electron chi connectivity index (χ3n) is 6.16. The van der Waals surface area contributed by atoms with Gasteiger partial charge < -0.3 is 22.2 Å². The zero-order valence-corrected chi connectivity index (χ0v) is 21.4. The Morgan fingerprint density at radius 2 is 1.16 bits per heavy atom. The van der Waals surface area contributed by atoms with Gasteiger partial charge in [-0.25, -0.2) is 0 Å². The van der Waals surface area contributed by atoms with E-state index < -0.39 is 0 Å². The average molecular weight is 453 g/mol. The first-order valence-corrected chi connectivity index (χ1v) is 12.7. The molecule has 4 heteroatoms. The summed E-state index contributed by atoms with van der Waals surface area (Å²) in [5.41, 5.74) is 0.745.